The average Bonchev–Trinajstić information content (AvgIpc) is 3.20. The third kappa shape index (κ3) is 5.45. The fourth-order valence-electron chi connectivity index (χ4n) is 3.28. The van der Waals surface area contributed by atoms with Gasteiger partial charge in [-0.1, -0.05) is 54.2 Å². The van der Waals surface area contributed by atoms with Crippen molar-refractivity contribution >= 4 is 50.1 Å². The van der Waals surface area contributed by atoms with Gasteiger partial charge in [-0.15, -0.1) is 16.8 Å². The van der Waals surface area contributed by atoms with Crippen LogP contribution in [-0.4, -0.2) is 26.4 Å². The number of halogens is 3. The topological polar surface area (TPSA) is 69.0 Å². The predicted octanol–water partition coefficient (Wildman–Crippen LogP) is 5.97. The Kier molecular flexibility index (Phi) is 7.59. The van der Waals surface area contributed by atoms with Crippen LogP contribution in [0.5, 0.6) is 5.75 Å². The predicted molar refractivity (Wildman–Crippen MR) is 132 cm³/mol. The Labute approximate surface area is 207 Å². The van der Waals surface area contributed by atoms with Crippen LogP contribution in [0.25, 0.3) is 10.8 Å². The molecule has 0 fully saturated rings. The first kappa shape index (κ1) is 23.9. The van der Waals surface area contributed by atoms with Crippen LogP contribution in [0.4, 0.5) is 14.5 Å². The van der Waals surface area contributed by atoms with Gasteiger partial charge in [0, 0.05) is 22.5 Å². The molecule has 4 rings (SSSR count). The largest absolute Gasteiger partial charge is 0.485 e. The monoisotopic (exact) mass is 544 g/mol. The number of fused-ring (bicyclic) bond motifs is 1. The fraction of sp³-hybridized carbons (Fsp3) is 0.125. The van der Waals surface area contributed by atoms with E-state index in [4.69, 9.17) is 4.74 Å². The van der Waals surface area contributed by atoms with Crippen LogP contribution in [0.15, 0.2) is 76.9 Å². The number of nitrogens with one attached hydrogen (secondary N) is 1. The molecule has 0 saturated carbocycles. The molecule has 1 aromatic heterocycles. The first-order valence-electron chi connectivity index (χ1n) is 10.2. The molecule has 0 atom stereocenters. The first-order chi connectivity index (χ1) is 16.5. The van der Waals surface area contributed by atoms with E-state index in [-0.39, 0.29) is 22.5 Å². The van der Waals surface area contributed by atoms with Gasteiger partial charge < -0.3 is 10.1 Å². The van der Waals surface area contributed by atoms with E-state index >= 15 is 0 Å². The van der Waals surface area contributed by atoms with Crippen LogP contribution >= 0.6 is 27.7 Å². The molecule has 0 spiro atoms. The maximum atomic E-state index is 14.0. The van der Waals surface area contributed by atoms with Gasteiger partial charge in [0.1, 0.15) is 18.2 Å². The number of nitrogens with zero attached hydrogens (tertiary/aromatic N) is 3. The number of amides is 1. The maximum Gasteiger partial charge on any atom is 0.234 e. The highest BCUT2D eigenvalue weighted by molar-refractivity contribution is 9.10. The molecule has 0 radical (unpaired) electrons. The van der Waals surface area contributed by atoms with E-state index in [0.717, 1.165) is 34.4 Å². The van der Waals surface area contributed by atoms with Crippen LogP contribution in [0, 0.1) is 11.6 Å². The number of benzene rings is 3. The van der Waals surface area contributed by atoms with Crippen LogP contribution in [0.1, 0.15) is 5.82 Å². The maximum absolute atomic E-state index is 14.0. The normalized spacial score (nSPS) is 10.9. The van der Waals surface area contributed by atoms with Crippen molar-refractivity contribution in [2.45, 2.75) is 18.3 Å². The van der Waals surface area contributed by atoms with Crippen molar-refractivity contribution in [3.05, 3.63) is 89.2 Å². The Morgan fingerprint density at radius 2 is 1.97 bits per heavy atom. The van der Waals surface area contributed by atoms with Crippen molar-refractivity contribution in [1.29, 1.82) is 0 Å². The third-order valence-corrected chi connectivity index (χ3v) is 6.41. The SMILES string of the molecule is C=CCn1c(COc2cccc3ccccc23)nnc1SCC(=O)Nc1c(F)cc(F)cc1Br. The highest BCUT2D eigenvalue weighted by Crippen LogP contribution is 2.28. The van der Waals surface area contributed by atoms with E-state index in [0.29, 0.717) is 23.6 Å². The molecule has 0 saturated heterocycles. The summed E-state index contributed by atoms with van der Waals surface area (Å²) in [5.41, 5.74) is -0.122. The van der Waals surface area contributed by atoms with Gasteiger partial charge in [-0.2, -0.15) is 0 Å². The minimum atomic E-state index is -0.868. The number of hydrogen-bond acceptors (Lipinski definition) is 5. The van der Waals surface area contributed by atoms with E-state index in [1.807, 2.05) is 42.5 Å². The molecule has 0 aliphatic heterocycles. The summed E-state index contributed by atoms with van der Waals surface area (Å²) < 4.78 is 35.2. The smallest absolute Gasteiger partial charge is 0.234 e. The molecule has 34 heavy (non-hydrogen) atoms. The van der Waals surface area contributed by atoms with Gasteiger partial charge in [-0.25, -0.2) is 8.78 Å². The van der Waals surface area contributed by atoms with Crippen molar-refractivity contribution in [2.75, 3.05) is 11.1 Å². The molecule has 174 valence electrons. The van der Waals surface area contributed by atoms with Crippen molar-refractivity contribution in [2.24, 2.45) is 0 Å². The number of allylic oxidation sites excluding steroid dienone is 1. The summed E-state index contributed by atoms with van der Waals surface area (Å²) in [5.74, 6) is -0.837. The molecule has 4 aromatic rings. The van der Waals surface area contributed by atoms with Crippen molar-refractivity contribution in [3.8, 4) is 5.75 Å². The summed E-state index contributed by atoms with van der Waals surface area (Å²) in [4.78, 5) is 12.4. The van der Waals surface area contributed by atoms with Gasteiger partial charge >= 0.3 is 0 Å². The second-order valence-corrected chi connectivity index (χ2v) is 8.94. The van der Waals surface area contributed by atoms with E-state index in [9.17, 15) is 13.6 Å². The lowest BCUT2D eigenvalue weighted by Gasteiger charge is -2.11. The van der Waals surface area contributed by atoms with E-state index in [1.54, 1.807) is 10.6 Å². The molecular weight excluding hydrogens is 526 g/mol. The van der Waals surface area contributed by atoms with E-state index < -0.39 is 17.5 Å². The third-order valence-electron chi connectivity index (χ3n) is 4.82. The summed E-state index contributed by atoms with van der Waals surface area (Å²) >= 11 is 4.19. The van der Waals surface area contributed by atoms with Gasteiger partial charge in [0.05, 0.1) is 11.4 Å². The zero-order valence-corrected chi connectivity index (χ0v) is 20.2. The minimum Gasteiger partial charge on any atom is -0.485 e. The van der Waals surface area contributed by atoms with Crippen LogP contribution < -0.4 is 10.1 Å². The second-order valence-electron chi connectivity index (χ2n) is 7.15. The lowest BCUT2D eigenvalue weighted by molar-refractivity contribution is -0.113. The summed E-state index contributed by atoms with van der Waals surface area (Å²) in [6, 6.07) is 15.5. The highest BCUT2D eigenvalue weighted by Gasteiger charge is 2.17. The summed E-state index contributed by atoms with van der Waals surface area (Å²) in [6.07, 6.45) is 1.69. The van der Waals surface area contributed by atoms with Crippen molar-refractivity contribution in [3.63, 3.8) is 0 Å². The molecule has 0 aliphatic carbocycles. The van der Waals surface area contributed by atoms with Crippen molar-refractivity contribution in [1.82, 2.24) is 14.8 Å². The lowest BCUT2D eigenvalue weighted by Crippen LogP contribution is -2.16. The molecule has 1 N–H and O–H groups in total. The lowest BCUT2D eigenvalue weighted by atomic mass is 10.1. The Morgan fingerprint density at radius 1 is 1.18 bits per heavy atom. The summed E-state index contributed by atoms with van der Waals surface area (Å²) in [7, 11) is 0. The van der Waals surface area contributed by atoms with Gasteiger partial charge in [0.25, 0.3) is 0 Å². The number of ether oxygens (including phenoxy) is 1. The molecular formula is C24H19BrF2N4O2S. The number of carbonyl (C=O) groups is 1. The molecule has 1 heterocycles. The van der Waals surface area contributed by atoms with E-state index in [2.05, 4.69) is 38.0 Å². The summed E-state index contributed by atoms with van der Waals surface area (Å²) in [5, 5.41) is 13.4. The number of aromatic nitrogens is 3. The number of anilines is 1. The summed E-state index contributed by atoms with van der Waals surface area (Å²) in [6.45, 7) is 4.37. The second kappa shape index (κ2) is 10.8. The van der Waals surface area contributed by atoms with Crippen LogP contribution in [-0.2, 0) is 17.9 Å². The zero-order valence-electron chi connectivity index (χ0n) is 17.8. The molecule has 1 amide bonds. The molecule has 3 aromatic carbocycles. The molecule has 0 aliphatic rings. The quantitative estimate of drug-likeness (QED) is 0.208. The standard InChI is InChI=1S/C24H19BrF2N4O2S/c1-2-10-31-21(13-33-20-9-5-7-15-6-3-4-8-17(15)20)29-30-24(31)34-14-22(32)28-23-18(25)11-16(26)12-19(23)27/h2-9,11-12H,1,10,13-14H2,(H,28,32). The Hall–Kier alpha value is -3.24. The number of hydrogen-bond donors (Lipinski definition) is 1. The van der Waals surface area contributed by atoms with E-state index in [1.165, 1.54) is 0 Å². The molecule has 0 unspecified atom stereocenters. The van der Waals surface area contributed by atoms with Gasteiger partial charge in [0.2, 0.25) is 5.91 Å². The average molecular weight is 545 g/mol. The Bertz CT molecular complexity index is 1330. The fourth-order valence-corrected chi connectivity index (χ4v) is 4.55. The highest BCUT2D eigenvalue weighted by atomic mass is 79.9. The van der Waals surface area contributed by atoms with Crippen molar-refractivity contribution < 1.29 is 18.3 Å². The van der Waals surface area contributed by atoms with Gasteiger partial charge in [0.15, 0.2) is 16.8 Å². The molecule has 10 heteroatoms. The number of rotatable bonds is 9. The Morgan fingerprint density at radius 3 is 2.76 bits per heavy atom. The van der Waals surface area contributed by atoms with Gasteiger partial charge in [-0.05, 0) is 33.4 Å². The zero-order chi connectivity index (χ0) is 24.1. The van der Waals surface area contributed by atoms with Gasteiger partial charge in [-0.3, -0.25) is 9.36 Å². The molecule has 6 nitrogen and oxygen atoms in total. The first-order valence-corrected chi connectivity index (χ1v) is 11.9. The number of thioether (sulfide) groups is 1. The Balaban J connectivity index is 1.44. The molecule has 0 bridgehead atoms. The van der Waals surface area contributed by atoms with Crippen LogP contribution in [0.2, 0.25) is 0 Å². The minimum absolute atomic E-state index is 0.0529. The van der Waals surface area contributed by atoms with Crippen LogP contribution in [0.3, 0.4) is 0 Å². The number of carbonyl (C=O) groups excluding carboxylic acids is 1.